The van der Waals surface area contributed by atoms with E-state index in [2.05, 4.69) is 22.6 Å². The van der Waals surface area contributed by atoms with Gasteiger partial charge in [0.1, 0.15) is 18.3 Å². The van der Waals surface area contributed by atoms with Crippen molar-refractivity contribution in [3.8, 4) is 0 Å². The molecule has 104 valence electrons. The predicted octanol–water partition coefficient (Wildman–Crippen LogP) is 1.82. The van der Waals surface area contributed by atoms with Crippen molar-refractivity contribution in [2.45, 2.75) is 70.0 Å². The first-order valence-corrected chi connectivity index (χ1v) is 7.77. The summed E-state index contributed by atoms with van der Waals surface area (Å²) in [5.74, 6) is -1.22. The van der Waals surface area contributed by atoms with Crippen molar-refractivity contribution >= 4 is 22.6 Å². The van der Waals surface area contributed by atoms with E-state index in [0.717, 1.165) is 4.43 Å². The number of ether oxygens (including phenoxy) is 5. The van der Waals surface area contributed by atoms with Gasteiger partial charge in [-0.3, -0.25) is 0 Å². The third-order valence-corrected chi connectivity index (χ3v) is 4.27. The van der Waals surface area contributed by atoms with Gasteiger partial charge in [-0.15, -0.1) is 0 Å². The molecule has 0 spiro atoms. The SMILES string of the molecule is CC1(C)OC2O[C@H](CI)[C@@H]3OC(C)(C)OC3[C@H]2O1. The number of halogens is 1. The summed E-state index contributed by atoms with van der Waals surface area (Å²) in [5.41, 5.74) is 0. The van der Waals surface area contributed by atoms with E-state index in [0.29, 0.717) is 0 Å². The second kappa shape index (κ2) is 4.26. The van der Waals surface area contributed by atoms with Crippen LogP contribution in [0.25, 0.3) is 0 Å². The molecule has 0 aromatic rings. The maximum atomic E-state index is 5.98. The van der Waals surface area contributed by atoms with Crippen molar-refractivity contribution in [2.24, 2.45) is 0 Å². The van der Waals surface area contributed by atoms with E-state index >= 15 is 0 Å². The normalized spacial score (nSPS) is 48.8. The zero-order valence-electron chi connectivity index (χ0n) is 11.0. The Labute approximate surface area is 121 Å². The summed E-state index contributed by atoms with van der Waals surface area (Å²) in [4.78, 5) is 0. The standard InChI is InChI=1S/C12H19IO5/c1-11(2)15-7-6(5-13)14-10-9(8(7)16-11)17-12(3,4)18-10/h6-10H,5H2,1-4H3/t6-,7+,8?,9-,10?/m1/s1. The molecule has 3 rings (SSSR count). The van der Waals surface area contributed by atoms with E-state index in [1.807, 2.05) is 27.7 Å². The summed E-state index contributed by atoms with van der Waals surface area (Å²) >= 11 is 2.30. The summed E-state index contributed by atoms with van der Waals surface area (Å²) < 4.78 is 30.4. The van der Waals surface area contributed by atoms with Crippen LogP contribution in [0, 0.1) is 0 Å². The Bertz CT molecular complexity index is 345. The predicted molar refractivity (Wildman–Crippen MR) is 71.4 cm³/mol. The van der Waals surface area contributed by atoms with Crippen LogP contribution in [0.4, 0.5) is 0 Å². The lowest BCUT2D eigenvalue weighted by Gasteiger charge is -2.36. The molecule has 3 aliphatic heterocycles. The molecule has 0 radical (unpaired) electrons. The first kappa shape index (κ1) is 13.5. The Balaban J connectivity index is 1.86. The highest BCUT2D eigenvalue weighted by Crippen LogP contribution is 2.44. The highest BCUT2D eigenvalue weighted by atomic mass is 127. The molecule has 3 heterocycles. The van der Waals surface area contributed by atoms with Gasteiger partial charge in [0.15, 0.2) is 17.9 Å². The van der Waals surface area contributed by atoms with E-state index in [1.165, 1.54) is 0 Å². The highest BCUT2D eigenvalue weighted by Gasteiger charge is 2.60. The first-order chi connectivity index (χ1) is 8.31. The molecule has 0 aliphatic carbocycles. The molecule has 3 saturated heterocycles. The average molecular weight is 370 g/mol. The molecule has 0 aromatic carbocycles. The summed E-state index contributed by atoms with van der Waals surface area (Å²) in [6, 6.07) is 0. The third kappa shape index (κ3) is 2.20. The smallest absolute Gasteiger partial charge is 0.190 e. The second-order valence-corrected chi connectivity index (χ2v) is 6.74. The van der Waals surface area contributed by atoms with Gasteiger partial charge in [-0.25, -0.2) is 0 Å². The molecule has 0 saturated carbocycles. The Morgan fingerprint density at radius 3 is 2.06 bits per heavy atom. The minimum absolute atomic E-state index is 0.0175. The fourth-order valence-electron chi connectivity index (χ4n) is 2.82. The number of alkyl halides is 1. The summed E-state index contributed by atoms with van der Waals surface area (Å²) in [6.07, 6.45) is -0.809. The van der Waals surface area contributed by atoms with Crippen LogP contribution in [0.5, 0.6) is 0 Å². The van der Waals surface area contributed by atoms with Crippen LogP contribution >= 0.6 is 22.6 Å². The summed E-state index contributed by atoms with van der Waals surface area (Å²) in [7, 11) is 0. The van der Waals surface area contributed by atoms with Crippen molar-refractivity contribution < 1.29 is 23.7 Å². The molecule has 3 aliphatic rings. The van der Waals surface area contributed by atoms with Gasteiger partial charge < -0.3 is 23.7 Å². The van der Waals surface area contributed by atoms with Gasteiger partial charge in [0.25, 0.3) is 0 Å². The van der Waals surface area contributed by atoms with Gasteiger partial charge in [0.2, 0.25) is 0 Å². The second-order valence-electron chi connectivity index (χ2n) is 5.86. The van der Waals surface area contributed by atoms with Crippen LogP contribution in [0.3, 0.4) is 0 Å². The van der Waals surface area contributed by atoms with Gasteiger partial charge in [-0.05, 0) is 27.7 Å². The zero-order chi connectivity index (χ0) is 13.1. The summed E-state index contributed by atoms with van der Waals surface area (Å²) in [6.45, 7) is 7.63. The maximum absolute atomic E-state index is 5.98. The number of rotatable bonds is 1. The van der Waals surface area contributed by atoms with Crippen LogP contribution in [0.1, 0.15) is 27.7 Å². The monoisotopic (exact) mass is 370 g/mol. The number of hydrogen-bond donors (Lipinski definition) is 0. The van der Waals surface area contributed by atoms with Crippen molar-refractivity contribution in [2.75, 3.05) is 4.43 Å². The molecule has 5 nitrogen and oxygen atoms in total. The Kier molecular flexibility index (Phi) is 3.20. The van der Waals surface area contributed by atoms with Crippen molar-refractivity contribution in [1.82, 2.24) is 0 Å². The molecule has 0 amide bonds. The first-order valence-electron chi connectivity index (χ1n) is 6.24. The van der Waals surface area contributed by atoms with Crippen LogP contribution in [0.15, 0.2) is 0 Å². The molecular weight excluding hydrogens is 351 g/mol. The third-order valence-electron chi connectivity index (χ3n) is 3.40. The molecule has 5 atom stereocenters. The molecule has 6 heteroatoms. The van der Waals surface area contributed by atoms with E-state index in [9.17, 15) is 0 Å². The quantitative estimate of drug-likeness (QED) is 0.521. The topological polar surface area (TPSA) is 46.2 Å². The van der Waals surface area contributed by atoms with Crippen molar-refractivity contribution in [3.05, 3.63) is 0 Å². The molecule has 0 N–H and O–H groups in total. The van der Waals surface area contributed by atoms with Gasteiger partial charge in [0.05, 0.1) is 6.10 Å². The number of fused-ring (bicyclic) bond motifs is 3. The van der Waals surface area contributed by atoms with Gasteiger partial charge in [-0.1, -0.05) is 22.6 Å². The van der Waals surface area contributed by atoms with Crippen LogP contribution in [-0.4, -0.2) is 46.7 Å². The van der Waals surface area contributed by atoms with E-state index in [1.54, 1.807) is 0 Å². The number of hydrogen-bond acceptors (Lipinski definition) is 5. The minimum atomic E-state index is -0.629. The summed E-state index contributed by atoms with van der Waals surface area (Å²) in [5, 5.41) is 0. The minimum Gasteiger partial charge on any atom is -0.343 e. The van der Waals surface area contributed by atoms with Crippen molar-refractivity contribution in [1.29, 1.82) is 0 Å². The Morgan fingerprint density at radius 2 is 1.39 bits per heavy atom. The highest BCUT2D eigenvalue weighted by molar-refractivity contribution is 14.1. The molecule has 3 fully saturated rings. The maximum Gasteiger partial charge on any atom is 0.190 e. The van der Waals surface area contributed by atoms with Crippen LogP contribution in [0.2, 0.25) is 0 Å². The van der Waals surface area contributed by atoms with E-state index < -0.39 is 11.6 Å². The molecular formula is C12H19IO5. The fourth-order valence-corrected chi connectivity index (χ4v) is 3.53. The largest absolute Gasteiger partial charge is 0.343 e. The molecule has 0 aromatic heterocycles. The molecule has 0 bridgehead atoms. The lowest BCUT2D eigenvalue weighted by atomic mass is 10.0. The zero-order valence-corrected chi connectivity index (χ0v) is 13.2. The lowest BCUT2D eigenvalue weighted by Crippen LogP contribution is -2.55. The lowest BCUT2D eigenvalue weighted by molar-refractivity contribution is -0.227. The Morgan fingerprint density at radius 1 is 0.833 bits per heavy atom. The Hall–Kier alpha value is 0.530. The van der Waals surface area contributed by atoms with Gasteiger partial charge >= 0.3 is 0 Å². The van der Waals surface area contributed by atoms with Crippen LogP contribution < -0.4 is 0 Å². The van der Waals surface area contributed by atoms with Crippen molar-refractivity contribution in [3.63, 3.8) is 0 Å². The van der Waals surface area contributed by atoms with E-state index in [4.69, 9.17) is 23.7 Å². The average Bonchev–Trinajstić information content (AvgIpc) is 2.71. The van der Waals surface area contributed by atoms with Gasteiger partial charge in [0, 0.05) is 4.43 Å². The van der Waals surface area contributed by atoms with E-state index in [-0.39, 0.29) is 30.7 Å². The fraction of sp³-hybridized carbons (Fsp3) is 1.00. The molecule has 2 unspecified atom stereocenters. The molecule has 18 heavy (non-hydrogen) atoms. The van der Waals surface area contributed by atoms with Crippen LogP contribution in [-0.2, 0) is 23.7 Å². The van der Waals surface area contributed by atoms with Gasteiger partial charge in [-0.2, -0.15) is 0 Å².